The standard InChI is InChI=1S/C24H26O5/c1-6-27-23(26)15(2)28-18-11-12-19-20(14-18)29-21(22(19)25)13-16-7-9-17(10-8-16)24(3,4)5/h7-15H,6H2,1-5H3/b21-13-. The van der Waals surface area contributed by atoms with E-state index in [-0.39, 0.29) is 17.0 Å². The molecule has 3 rings (SSSR count). The van der Waals surface area contributed by atoms with Crippen LogP contribution in [-0.2, 0) is 14.9 Å². The molecule has 0 radical (unpaired) electrons. The highest BCUT2D eigenvalue weighted by molar-refractivity contribution is 6.14. The first kappa shape index (κ1) is 20.6. The van der Waals surface area contributed by atoms with Crippen molar-refractivity contribution in [2.75, 3.05) is 6.61 Å². The zero-order valence-corrected chi connectivity index (χ0v) is 17.4. The van der Waals surface area contributed by atoms with Crippen LogP contribution < -0.4 is 9.47 Å². The second-order valence-corrected chi connectivity index (χ2v) is 7.98. The summed E-state index contributed by atoms with van der Waals surface area (Å²) in [4.78, 5) is 24.4. The molecule has 0 amide bonds. The lowest BCUT2D eigenvalue weighted by atomic mass is 9.86. The fourth-order valence-electron chi connectivity index (χ4n) is 2.98. The SMILES string of the molecule is CCOC(=O)C(C)Oc1ccc2c(c1)O/C(=C\c1ccc(C(C)(C)C)cc1)C2=O. The molecule has 0 aromatic heterocycles. The van der Waals surface area contributed by atoms with Gasteiger partial charge in [0.05, 0.1) is 12.2 Å². The highest BCUT2D eigenvalue weighted by Crippen LogP contribution is 2.35. The Bertz CT molecular complexity index is 948. The number of Topliss-reactive ketones (excluding diaryl/α,β-unsaturated/α-hetero) is 1. The summed E-state index contributed by atoms with van der Waals surface area (Å²) in [6.45, 7) is 10.1. The Morgan fingerprint density at radius 3 is 2.45 bits per heavy atom. The first-order valence-corrected chi connectivity index (χ1v) is 9.71. The summed E-state index contributed by atoms with van der Waals surface area (Å²) in [6.07, 6.45) is 0.984. The topological polar surface area (TPSA) is 61.8 Å². The van der Waals surface area contributed by atoms with Gasteiger partial charge in [0, 0.05) is 6.07 Å². The zero-order valence-electron chi connectivity index (χ0n) is 17.4. The van der Waals surface area contributed by atoms with Gasteiger partial charge in [0.25, 0.3) is 0 Å². The van der Waals surface area contributed by atoms with Gasteiger partial charge in [-0.3, -0.25) is 4.79 Å². The molecule has 1 aliphatic heterocycles. The number of esters is 1. The maximum absolute atomic E-state index is 12.6. The Morgan fingerprint density at radius 1 is 1.14 bits per heavy atom. The van der Waals surface area contributed by atoms with E-state index in [1.807, 2.05) is 12.1 Å². The van der Waals surface area contributed by atoms with Gasteiger partial charge in [0.2, 0.25) is 5.78 Å². The van der Waals surface area contributed by atoms with E-state index in [9.17, 15) is 9.59 Å². The molecule has 1 atom stereocenters. The third kappa shape index (κ3) is 4.67. The Labute approximate surface area is 171 Å². The average molecular weight is 394 g/mol. The molecule has 0 N–H and O–H groups in total. The molecule has 0 saturated heterocycles. The Hall–Kier alpha value is -3.08. The van der Waals surface area contributed by atoms with Crippen LogP contribution in [0.4, 0.5) is 0 Å². The minimum absolute atomic E-state index is 0.0681. The van der Waals surface area contributed by atoms with Gasteiger partial charge in [-0.05, 0) is 48.6 Å². The van der Waals surface area contributed by atoms with Gasteiger partial charge >= 0.3 is 5.97 Å². The smallest absolute Gasteiger partial charge is 0.347 e. The number of ether oxygens (including phenoxy) is 3. The maximum Gasteiger partial charge on any atom is 0.347 e. The fraction of sp³-hybridized carbons (Fsp3) is 0.333. The molecule has 5 heteroatoms. The van der Waals surface area contributed by atoms with Crippen molar-refractivity contribution in [3.8, 4) is 11.5 Å². The van der Waals surface area contributed by atoms with Gasteiger partial charge in [0.1, 0.15) is 11.5 Å². The van der Waals surface area contributed by atoms with Gasteiger partial charge in [-0.15, -0.1) is 0 Å². The minimum atomic E-state index is -0.749. The van der Waals surface area contributed by atoms with Crippen molar-refractivity contribution >= 4 is 17.8 Å². The first-order chi connectivity index (χ1) is 13.7. The van der Waals surface area contributed by atoms with E-state index in [4.69, 9.17) is 14.2 Å². The third-order valence-corrected chi connectivity index (χ3v) is 4.65. The van der Waals surface area contributed by atoms with Gasteiger partial charge in [-0.1, -0.05) is 45.0 Å². The van der Waals surface area contributed by atoms with E-state index in [0.717, 1.165) is 5.56 Å². The lowest BCUT2D eigenvalue weighted by Gasteiger charge is -2.18. The van der Waals surface area contributed by atoms with E-state index < -0.39 is 12.1 Å². The van der Waals surface area contributed by atoms with Gasteiger partial charge in [-0.25, -0.2) is 4.79 Å². The van der Waals surface area contributed by atoms with Crippen LogP contribution in [0.25, 0.3) is 6.08 Å². The average Bonchev–Trinajstić information content (AvgIpc) is 2.96. The highest BCUT2D eigenvalue weighted by Gasteiger charge is 2.28. The number of benzene rings is 2. The third-order valence-electron chi connectivity index (χ3n) is 4.65. The molecule has 0 aliphatic carbocycles. The molecule has 0 spiro atoms. The van der Waals surface area contributed by atoms with Gasteiger partial charge < -0.3 is 14.2 Å². The van der Waals surface area contributed by atoms with Gasteiger partial charge in [0.15, 0.2) is 11.9 Å². The van der Waals surface area contributed by atoms with Crippen LogP contribution >= 0.6 is 0 Å². The van der Waals surface area contributed by atoms with Crippen molar-refractivity contribution in [3.05, 3.63) is 64.9 Å². The summed E-state index contributed by atoms with van der Waals surface area (Å²) in [7, 11) is 0. The van der Waals surface area contributed by atoms with Crippen LogP contribution in [0.3, 0.4) is 0 Å². The summed E-state index contributed by atoms with van der Waals surface area (Å²) in [5, 5.41) is 0. The first-order valence-electron chi connectivity index (χ1n) is 9.71. The van der Waals surface area contributed by atoms with Crippen LogP contribution in [0.15, 0.2) is 48.2 Å². The van der Waals surface area contributed by atoms with Crippen molar-refractivity contribution in [2.24, 2.45) is 0 Å². The molecular weight excluding hydrogens is 368 g/mol. The van der Waals surface area contributed by atoms with Gasteiger partial charge in [-0.2, -0.15) is 0 Å². The van der Waals surface area contributed by atoms with E-state index >= 15 is 0 Å². The van der Waals surface area contributed by atoms with E-state index in [1.54, 1.807) is 38.1 Å². The number of ketones is 1. The molecule has 2 aromatic rings. The van der Waals surface area contributed by atoms with Crippen molar-refractivity contribution in [2.45, 2.75) is 46.1 Å². The number of hydrogen-bond donors (Lipinski definition) is 0. The number of hydrogen-bond acceptors (Lipinski definition) is 5. The summed E-state index contributed by atoms with van der Waals surface area (Å²) < 4.78 is 16.3. The number of carbonyl (C=O) groups excluding carboxylic acids is 2. The largest absolute Gasteiger partial charge is 0.479 e. The minimum Gasteiger partial charge on any atom is -0.479 e. The molecule has 1 aliphatic rings. The maximum atomic E-state index is 12.6. The van der Waals surface area contributed by atoms with E-state index in [1.165, 1.54) is 5.56 Å². The van der Waals surface area contributed by atoms with Crippen molar-refractivity contribution < 1.29 is 23.8 Å². The molecule has 1 unspecified atom stereocenters. The quantitative estimate of drug-likeness (QED) is 0.531. The normalized spacial score (nSPS) is 15.6. The predicted octanol–water partition coefficient (Wildman–Crippen LogP) is 4.93. The molecule has 0 bridgehead atoms. The van der Waals surface area contributed by atoms with Crippen LogP contribution in [0.2, 0.25) is 0 Å². The molecule has 29 heavy (non-hydrogen) atoms. The van der Waals surface area contributed by atoms with E-state index in [0.29, 0.717) is 23.7 Å². The number of carbonyl (C=O) groups is 2. The Kier molecular flexibility index (Phi) is 5.78. The zero-order chi connectivity index (χ0) is 21.2. The van der Waals surface area contributed by atoms with Crippen LogP contribution in [-0.4, -0.2) is 24.5 Å². The Morgan fingerprint density at radius 2 is 1.83 bits per heavy atom. The predicted molar refractivity (Wildman–Crippen MR) is 111 cm³/mol. The molecule has 5 nitrogen and oxygen atoms in total. The highest BCUT2D eigenvalue weighted by atomic mass is 16.6. The second-order valence-electron chi connectivity index (χ2n) is 7.98. The number of allylic oxidation sites excluding steroid dienone is 1. The lowest BCUT2D eigenvalue weighted by Crippen LogP contribution is -2.26. The van der Waals surface area contributed by atoms with Crippen molar-refractivity contribution in [1.29, 1.82) is 0 Å². The van der Waals surface area contributed by atoms with E-state index in [2.05, 4.69) is 32.9 Å². The number of fused-ring (bicyclic) bond motifs is 1. The van der Waals surface area contributed by atoms with Crippen LogP contribution in [0, 0.1) is 0 Å². The Balaban J connectivity index is 1.76. The lowest BCUT2D eigenvalue weighted by molar-refractivity contribution is -0.150. The molecular formula is C24H26O5. The summed E-state index contributed by atoms with van der Waals surface area (Å²) in [5.74, 6) is 0.502. The van der Waals surface area contributed by atoms with Crippen molar-refractivity contribution in [3.63, 3.8) is 0 Å². The fourth-order valence-corrected chi connectivity index (χ4v) is 2.98. The number of rotatable bonds is 5. The monoisotopic (exact) mass is 394 g/mol. The van der Waals surface area contributed by atoms with Crippen molar-refractivity contribution in [1.82, 2.24) is 0 Å². The molecule has 1 heterocycles. The van der Waals surface area contributed by atoms with Crippen LogP contribution in [0.1, 0.15) is 56.1 Å². The van der Waals surface area contributed by atoms with Crippen LogP contribution in [0.5, 0.6) is 11.5 Å². The molecule has 152 valence electrons. The summed E-state index contributed by atoms with van der Waals surface area (Å²) in [5.41, 5.74) is 2.65. The summed E-state index contributed by atoms with van der Waals surface area (Å²) >= 11 is 0. The molecule has 0 fully saturated rings. The molecule has 2 aromatic carbocycles. The summed E-state index contributed by atoms with van der Waals surface area (Å²) in [6, 6.07) is 13.0. The second kappa shape index (κ2) is 8.11. The molecule has 0 saturated carbocycles.